The SMILES string of the molecule is OC1=C2C=CCN2Cc2ccsc2N1O. The van der Waals surface area contributed by atoms with E-state index in [0.29, 0.717) is 10.7 Å². The van der Waals surface area contributed by atoms with Crippen LogP contribution in [0.5, 0.6) is 0 Å². The van der Waals surface area contributed by atoms with Crippen LogP contribution in [0.4, 0.5) is 5.00 Å². The van der Waals surface area contributed by atoms with E-state index < -0.39 is 0 Å². The Bertz CT molecular complexity index is 464. The van der Waals surface area contributed by atoms with Gasteiger partial charge in [0.05, 0.1) is 0 Å². The quantitative estimate of drug-likeness (QED) is 0.705. The maximum atomic E-state index is 9.86. The van der Waals surface area contributed by atoms with Gasteiger partial charge in [0.15, 0.2) is 0 Å². The average molecular weight is 222 g/mol. The van der Waals surface area contributed by atoms with Crippen LogP contribution in [0.1, 0.15) is 5.56 Å². The van der Waals surface area contributed by atoms with Crippen molar-refractivity contribution in [1.29, 1.82) is 0 Å². The standard InChI is InChI=1S/C10H10N2O2S/c13-9-8-2-1-4-11(8)6-7-3-5-15-10(7)12(9)14/h1-3,5,13-14H,4,6H2. The van der Waals surface area contributed by atoms with Crippen molar-refractivity contribution >= 4 is 16.3 Å². The zero-order chi connectivity index (χ0) is 10.4. The van der Waals surface area contributed by atoms with E-state index in [1.165, 1.54) is 11.3 Å². The Morgan fingerprint density at radius 3 is 3.13 bits per heavy atom. The number of hydroxylamine groups is 1. The summed E-state index contributed by atoms with van der Waals surface area (Å²) in [7, 11) is 0. The first-order valence-electron chi connectivity index (χ1n) is 4.67. The lowest BCUT2D eigenvalue weighted by molar-refractivity contribution is 0.208. The molecule has 3 heterocycles. The molecule has 0 aromatic carbocycles. The zero-order valence-corrected chi connectivity index (χ0v) is 8.74. The number of aliphatic hydroxyl groups is 1. The highest BCUT2D eigenvalue weighted by Crippen LogP contribution is 2.35. The Hall–Kier alpha value is -1.46. The van der Waals surface area contributed by atoms with Gasteiger partial charge in [-0.3, -0.25) is 5.21 Å². The fourth-order valence-corrected chi connectivity index (χ4v) is 2.74. The number of aliphatic hydroxyl groups excluding tert-OH is 1. The lowest BCUT2D eigenvalue weighted by Gasteiger charge is -2.18. The number of rotatable bonds is 0. The second-order valence-corrected chi connectivity index (χ2v) is 4.45. The summed E-state index contributed by atoms with van der Waals surface area (Å²) in [6.45, 7) is 1.50. The first kappa shape index (κ1) is 8.82. The summed E-state index contributed by atoms with van der Waals surface area (Å²) in [6.07, 6.45) is 3.80. The minimum Gasteiger partial charge on any atom is -0.492 e. The van der Waals surface area contributed by atoms with Gasteiger partial charge in [-0.15, -0.1) is 11.3 Å². The Labute approximate surface area is 90.9 Å². The molecule has 3 rings (SSSR count). The number of hydrogen-bond donors (Lipinski definition) is 2. The molecule has 0 amide bonds. The summed E-state index contributed by atoms with van der Waals surface area (Å²) in [4.78, 5) is 2.02. The molecular weight excluding hydrogens is 212 g/mol. The number of thiophene rings is 1. The van der Waals surface area contributed by atoms with Gasteiger partial charge in [-0.1, -0.05) is 6.08 Å². The van der Waals surface area contributed by atoms with E-state index in [9.17, 15) is 10.3 Å². The Balaban J connectivity index is 2.15. The summed E-state index contributed by atoms with van der Waals surface area (Å²) < 4.78 is 0. The number of allylic oxidation sites excluding steroid dienone is 1. The number of fused-ring (bicyclic) bond motifs is 2. The van der Waals surface area contributed by atoms with Crippen LogP contribution in [0, 0.1) is 0 Å². The summed E-state index contributed by atoms with van der Waals surface area (Å²) in [5.74, 6) is -0.0926. The normalized spacial score (nSPS) is 19.3. The maximum absolute atomic E-state index is 9.86. The molecule has 2 N–H and O–H groups in total. The van der Waals surface area contributed by atoms with Crippen LogP contribution in [0.2, 0.25) is 0 Å². The molecule has 0 radical (unpaired) electrons. The van der Waals surface area contributed by atoms with Crippen LogP contribution >= 0.6 is 11.3 Å². The Morgan fingerprint density at radius 1 is 1.40 bits per heavy atom. The number of hydrogen-bond acceptors (Lipinski definition) is 5. The van der Waals surface area contributed by atoms with Crippen molar-refractivity contribution in [3.8, 4) is 0 Å². The van der Waals surface area contributed by atoms with Gasteiger partial charge in [0.2, 0.25) is 5.88 Å². The van der Waals surface area contributed by atoms with Crippen LogP contribution in [0.25, 0.3) is 0 Å². The van der Waals surface area contributed by atoms with E-state index in [0.717, 1.165) is 23.7 Å². The van der Waals surface area contributed by atoms with Gasteiger partial charge < -0.3 is 10.0 Å². The van der Waals surface area contributed by atoms with E-state index in [1.54, 1.807) is 0 Å². The maximum Gasteiger partial charge on any atom is 0.241 e. The first-order chi connectivity index (χ1) is 7.27. The van der Waals surface area contributed by atoms with Crippen LogP contribution in [-0.2, 0) is 6.54 Å². The number of nitrogens with zero attached hydrogens (tertiary/aromatic N) is 2. The molecule has 0 atom stereocenters. The molecule has 78 valence electrons. The van der Waals surface area contributed by atoms with Crippen LogP contribution < -0.4 is 5.06 Å². The highest BCUT2D eigenvalue weighted by molar-refractivity contribution is 7.14. The molecule has 2 aliphatic rings. The zero-order valence-electron chi connectivity index (χ0n) is 7.92. The third-order valence-corrected chi connectivity index (χ3v) is 3.58. The van der Waals surface area contributed by atoms with Crippen molar-refractivity contribution in [1.82, 2.24) is 4.90 Å². The summed E-state index contributed by atoms with van der Waals surface area (Å²) in [5.41, 5.74) is 1.72. The van der Waals surface area contributed by atoms with E-state index in [1.807, 2.05) is 28.5 Å². The van der Waals surface area contributed by atoms with E-state index in [4.69, 9.17) is 0 Å². The van der Waals surface area contributed by atoms with Crippen molar-refractivity contribution in [2.75, 3.05) is 11.6 Å². The topological polar surface area (TPSA) is 46.9 Å². The molecule has 0 saturated heterocycles. The minimum absolute atomic E-state index is 0.0926. The molecule has 0 aliphatic carbocycles. The van der Waals surface area contributed by atoms with Gasteiger partial charge >= 0.3 is 0 Å². The predicted octanol–water partition coefficient (Wildman–Crippen LogP) is 2.06. The van der Waals surface area contributed by atoms with Crippen LogP contribution in [-0.4, -0.2) is 21.8 Å². The Kier molecular flexibility index (Phi) is 1.77. The van der Waals surface area contributed by atoms with Crippen molar-refractivity contribution in [3.05, 3.63) is 40.7 Å². The lowest BCUT2D eigenvalue weighted by Crippen LogP contribution is -2.21. The van der Waals surface area contributed by atoms with Gasteiger partial charge in [-0.2, -0.15) is 5.06 Å². The molecule has 0 saturated carbocycles. The second-order valence-electron chi connectivity index (χ2n) is 3.55. The third-order valence-electron chi connectivity index (χ3n) is 2.65. The molecule has 0 unspecified atom stereocenters. The summed E-state index contributed by atoms with van der Waals surface area (Å²) in [5, 5.41) is 23.2. The Morgan fingerprint density at radius 2 is 2.27 bits per heavy atom. The van der Waals surface area contributed by atoms with Gasteiger partial charge in [0, 0.05) is 18.7 Å². The van der Waals surface area contributed by atoms with Crippen LogP contribution in [0.3, 0.4) is 0 Å². The molecule has 5 heteroatoms. The van der Waals surface area contributed by atoms with E-state index in [2.05, 4.69) is 0 Å². The third kappa shape index (κ3) is 1.17. The highest BCUT2D eigenvalue weighted by atomic mass is 32.1. The summed E-state index contributed by atoms with van der Waals surface area (Å²) >= 11 is 1.42. The molecule has 1 aromatic rings. The fourth-order valence-electron chi connectivity index (χ4n) is 1.91. The van der Waals surface area contributed by atoms with E-state index >= 15 is 0 Å². The predicted molar refractivity (Wildman–Crippen MR) is 57.8 cm³/mol. The molecular formula is C10H10N2O2S. The molecule has 0 bridgehead atoms. The monoisotopic (exact) mass is 222 g/mol. The van der Waals surface area contributed by atoms with Gasteiger partial charge in [-0.05, 0) is 17.5 Å². The van der Waals surface area contributed by atoms with Gasteiger partial charge in [-0.25, -0.2) is 0 Å². The first-order valence-corrected chi connectivity index (χ1v) is 5.55. The van der Waals surface area contributed by atoms with Gasteiger partial charge in [0.25, 0.3) is 0 Å². The molecule has 0 spiro atoms. The fraction of sp³-hybridized carbons (Fsp3) is 0.200. The largest absolute Gasteiger partial charge is 0.492 e. The van der Waals surface area contributed by atoms with Gasteiger partial charge in [0.1, 0.15) is 10.7 Å². The molecule has 4 nitrogen and oxygen atoms in total. The molecule has 2 aliphatic heterocycles. The number of anilines is 1. The minimum atomic E-state index is -0.0926. The highest BCUT2D eigenvalue weighted by Gasteiger charge is 2.27. The molecule has 0 fully saturated rings. The second kappa shape index (κ2) is 3.01. The summed E-state index contributed by atoms with van der Waals surface area (Å²) in [6, 6.07) is 1.97. The van der Waals surface area contributed by atoms with Crippen molar-refractivity contribution in [2.24, 2.45) is 0 Å². The smallest absolute Gasteiger partial charge is 0.241 e. The molecule has 1 aromatic heterocycles. The van der Waals surface area contributed by atoms with Crippen molar-refractivity contribution in [3.63, 3.8) is 0 Å². The van der Waals surface area contributed by atoms with Crippen LogP contribution in [0.15, 0.2) is 35.2 Å². The lowest BCUT2D eigenvalue weighted by atomic mass is 10.3. The van der Waals surface area contributed by atoms with Crippen molar-refractivity contribution in [2.45, 2.75) is 6.54 Å². The van der Waals surface area contributed by atoms with E-state index in [-0.39, 0.29) is 5.88 Å². The molecule has 15 heavy (non-hydrogen) atoms. The average Bonchev–Trinajstić information content (AvgIpc) is 2.83. The van der Waals surface area contributed by atoms with Crippen molar-refractivity contribution < 1.29 is 10.3 Å².